The molecule has 162 valence electrons. The molecular weight excluding hydrogens is 408 g/mol. The molecule has 1 amide bonds. The van der Waals surface area contributed by atoms with Crippen LogP contribution in [0.3, 0.4) is 0 Å². The third-order valence-corrected chi connectivity index (χ3v) is 7.05. The first-order chi connectivity index (χ1) is 14.0. The minimum atomic E-state index is -4.56. The molecular formula is C21H26N2O6S. The van der Waals surface area contributed by atoms with Crippen LogP contribution in [0, 0.1) is 0 Å². The van der Waals surface area contributed by atoms with Crippen molar-refractivity contribution < 1.29 is 23.4 Å². The number of pyridine rings is 1. The first-order valence-corrected chi connectivity index (χ1v) is 11.3. The molecule has 0 saturated carbocycles. The van der Waals surface area contributed by atoms with Crippen molar-refractivity contribution >= 4 is 15.9 Å². The molecule has 1 heterocycles. The topological polar surface area (TPSA) is 126 Å². The lowest BCUT2D eigenvalue weighted by Gasteiger charge is -2.26. The highest BCUT2D eigenvalue weighted by molar-refractivity contribution is 7.90. The van der Waals surface area contributed by atoms with Gasteiger partial charge in [0.15, 0.2) is 0 Å². The maximum atomic E-state index is 12.6. The molecule has 0 bridgehead atoms. The van der Waals surface area contributed by atoms with Crippen LogP contribution in [0.4, 0.5) is 0 Å². The zero-order valence-corrected chi connectivity index (χ0v) is 17.8. The Morgan fingerprint density at radius 2 is 1.93 bits per heavy atom. The van der Waals surface area contributed by atoms with Gasteiger partial charge in [-0.2, -0.15) is 0 Å². The van der Waals surface area contributed by atoms with E-state index in [4.69, 9.17) is 0 Å². The lowest BCUT2D eigenvalue weighted by molar-refractivity contribution is -0.119. The third kappa shape index (κ3) is 4.33. The molecule has 30 heavy (non-hydrogen) atoms. The second kappa shape index (κ2) is 8.33. The SMILES string of the molecule is CCCC(=O)NS(=O)(=O)C(C)(O)n1ccc(-c2ccc3c(c2)CCC(O)C3)cc1=O. The molecule has 0 spiro atoms. The Morgan fingerprint density at radius 1 is 1.23 bits per heavy atom. The molecule has 9 heteroatoms. The number of aliphatic hydroxyl groups excluding tert-OH is 1. The van der Waals surface area contributed by atoms with Gasteiger partial charge in [0.2, 0.25) is 5.91 Å². The second-order valence-corrected chi connectivity index (χ2v) is 9.70. The fourth-order valence-corrected chi connectivity index (χ4v) is 4.58. The van der Waals surface area contributed by atoms with Crippen molar-refractivity contribution in [1.29, 1.82) is 0 Å². The summed E-state index contributed by atoms with van der Waals surface area (Å²) in [5, 5.41) is 17.7. The van der Waals surface area contributed by atoms with Crippen LogP contribution >= 0.6 is 0 Å². The highest BCUT2D eigenvalue weighted by atomic mass is 32.2. The quantitative estimate of drug-likeness (QED) is 0.628. The van der Waals surface area contributed by atoms with Crippen LogP contribution in [0.1, 0.15) is 44.2 Å². The molecule has 1 aliphatic rings. The van der Waals surface area contributed by atoms with Gasteiger partial charge in [-0.25, -0.2) is 13.1 Å². The van der Waals surface area contributed by atoms with Crippen molar-refractivity contribution in [2.45, 2.75) is 57.1 Å². The number of fused-ring (bicyclic) bond motifs is 1. The van der Waals surface area contributed by atoms with Gasteiger partial charge in [0.25, 0.3) is 20.6 Å². The Morgan fingerprint density at radius 3 is 2.60 bits per heavy atom. The molecule has 0 aliphatic heterocycles. The van der Waals surface area contributed by atoms with E-state index in [9.17, 15) is 28.2 Å². The minimum absolute atomic E-state index is 0.0154. The van der Waals surface area contributed by atoms with Gasteiger partial charge in [-0.3, -0.25) is 14.2 Å². The summed E-state index contributed by atoms with van der Waals surface area (Å²) >= 11 is 0. The van der Waals surface area contributed by atoms with E-state index in [2.05, 4.69) is 0 Å². The number of carbonyl (C=O) groups is 1. The molecule has 1 aromatic heterocycles. The first-order valence-electron chi connectivity index (χ1n) is 9.86. The number of aryl methyl sites for hydroxylation is 1. The number of sulfonamides is 1. The van der Waals surface area contributed by atoms with E-state index in [0.717, 1.165) is 30.0 Å². The lowest BCUT2D eigenvalue weighted by Crippen LogP contribution is -2.51. The molecule has 8 nitrogen and oxygen atoms in total. The van der Waals surface area contributed by atoms with Crippen molar-refractivity contribution in [2.75, 3.05) is 0 Å². The van der Waals surface area contributed by atoms with Crippen molar-refractivity contribution in [2.24, 2.45) is 0 Å². The number of hydrogen-bond donors (Lipinski definition) is 3. The van der Waals surface area contributed by atoms with Gasteiger partial charge in [-0.1, -0.05) is 25.1 Å². The maximum absolute atomic E-state index is 12.6. The fraction of sp³-hybridized carbons (Fsp3) is 0.429. The highest BCUT2D eigenvalue weighted by Crippen LogP contribution is 2.27. The zero-order chi connectivity index (χ0) is 22.1. The Labute approximate surface area is 175 Å². The number of benzene rings is 1. The van der Waals surface area contributed by atoms with Gasteiger partial charge in [-0.05, 0) is 54.0 Å². The Balaban J connectivity index is 1.92. The normalized spacial score (nSPS) is 18.3. The predicted octanol–water partition coefficient (Wildman–Crippen LogP) is 1.23. The van der Waals surface area contributed by atoms with Crippen LogP contribution in [0.25, 0.3) is 11.1 Å². The van der Waals surface area contributed by atoms with Gasteiger partial charge in [0.1, 0.15) is 0 Å². The number of nitrogens with zero attached hydrogens (tertiary/aromatic N) is 1. The number of carbonyl (C=O) groups excluding carboxylic acids is 1. The first kappa shape index (κ1) is 22.2. The number of aliphatic hydroxyl groups is 2. The van der Waals surface area contributed by atoms with E-state index in [-0.39, 0.29) is 12.5 Å². The average Bonchev–Trinajstić information content (AvgIpc) is 2.66. The Kier molecular flexibility index (Phi) is 6.16. The van der Waals surface area contributed by atoms with Crippen molar-refractivity contribution in [3.8, 4) is 11.1 Å². The van der Waals surface area contributed by atoms with E-state index in [0.29, 0.717) is 29.4 Å². The largest absolute Gasteiger partial charge is 0.393 e. The van der Waals surface area contributed by atoms with Crippen LogP contribution in [0.15, 0.2) is 41.3 Å². The lowest BCUT2D eigenvalue weighted by atomic mass is 9.88. The van der Waals surface area contributed by atoms with Crippen molar-refractivity contribution in [3.05, 3.63) is 58.0 Å². The van der Waals surface area contributed by atoms with Crippen molar-refractivity contribution in [1.82, 2.24) is 9.29 Å². The van der Waals surface area contributed by atoms with Crippen molar-refractivity contribution in [3.63, 3.8) is 0 Å². The van der Waals surface area contributed by atoms with E-state index in [1.807, 2.05) is 22.9 Å². The Bertz CT molecular complexity index is 1120. The molecule has 3 rings (SSSR count). The van der Waals surface area contributed by atoms with E-state index in [1.54, 1.807) is 13.0 Å². The summed E-state index contributed by atoms with van der Waals surface area (Å²) in [5.74, 6) is -0.748. The number of nitrogens with one attached hydrogen (secondary N) is 1. The summed E-state index contributed by atoms with van der Waals surface area (Å²) in [6.45, 7) is 2.66. The summed E-state index contributed by atoms with van der Waals surface area (Å²) in [6, 6.07) is 8.51. The van der Waals surface area contributed by atoms with Gasteiger partial charge in [0, 0.05) is 25.6 Å². The molecule has 1 aliphatic carbocycles. The molecule has 1 aromatic carbocycles. The molecule has 0 fully saturated rings. The minimum Gasteiger partial charge on any atom is -0.393 e. The summed E-state index contributed by atoms with van der Waals surface area (Å²) in [4.78, 5) is 24.3. The van der Waals surface area contributed by atoms with Gasteiger partial charge >= 0.3 is 0 Å². The predicted molar refractivity (Wildman–Crippen MR) is 112 cm³/mol. The van der Waals surface area contributed by atoms with Gasteiger partial charge in [-0.15, -0.1) is 0 Å². The molecule has 2 atom stereocenters. The Hall–Kier alpha value is -2.49. The van der Waals surface area contributed by atoms with Gasteiger partial charge in [0.05, 0.1) is 6.10 Å². The highest BCUT2D eigenvalue weighted by Gasteiger charge is 2.40. The van der Waals surface area contributed by atoms with E-state index in [1.165, 1.54) is 12.3 Å². The number of rotatable bonds is 6. The molecule has 0 saturated heterocycles. The van der Waals surface area contributed by atoms with Crippen LogP contribution in [-0.4, -0.2) is 35.2 Å². The smallest absolute Gasteiger partial charge is 0.285 e. The second-order valence-electron chi connectivity index (χ2n) is 7.72. The number of aromatic nitrogens is 1. The standard InChI is InChI=1S/C21H26N2O6S/c1-3-4-19(25)22-30(28,29)21(2,27)23-10-9-17(13-20(23)26)14-5-6-16-12-18(24)8-7-15(16)11-14/h5-6,9-11,13,18,24,27H,3-4,7-8,12H2,1-2H3,(H,22,25). The van der Waals surface area contributed by atoms with Crippen LogP contribution in [-0.2, 0) is 32.7 Å². The van der Waals surface area contributed by atoms with Crippen LogP contribution in [0.2, 0.25) is 0 Å². The summed E-state index contributed by atoms with van der Waals surface area (Å²) in [6.07, 6.45) is 3.31. The third-order valence-electron chi connectivity index (χ3n) is 5.34. The molecule has 0 radical (unpaired) electrons. The summed E-state index contributed by atoms with van der Waals surface area (Å²) in [5.41, 5.74) is 2.82. The summed E-state index contributed by atoms with van der Waals surface area (Å²) < 4.78 is 27.4. The summed E-state index contributed by atoms with van der Waals surface area (Å²) in [7, 11) is -4.56. The van der Waals surface area contributed by atoms with Crippen LogP contribution in [0.5, 0.6) is 0 Å². The molecule has 2 unspecified atom stereocenters. The number of hydrogen-bond acceptors (Lipinski definition) is 6. The molecule has 3 N–H and O–H groups in total. The number of amides is 1. The fourth-order valence-electron chi connectivity index (χ4n) is 3.57. The van der Waals surface area contributed by atoms with E-state index < -0.39 is 26.5 Å². The van der Waals surface area contributed by atoms with Gasteiger partial charge < -0.3 is 10.2 Å². The monoisotopic (exact) mass is 434 g/mol. The van der Waals surface area contributed by atoms with Crippen LogP contribution < -0.4 is 10.3 Å². The molecule has 2 aromatic rings. The zero-order valence-electron chi connectivity index (χ0n) is 17.0. The average molecular weight is 435 g/mol. The van der Waals surface area contributed by atoms with E-state index >= 15 is 0 Å². The maximum Gasteiger partial charge on any atom is 0.285 e.